The summed E-state index contributed by atoms with van der Waals surface area (Å²) < 4.78 is 12.5. The number of morpholine rings is 1. The lowest BCUT2D eigenvalue weighted by atomic mass is 10.1. The lowest BCUT2D eigenvalue weighted by molar-refractivity contribution is -0.0356. The number of ether oxygens (including phenoxy) is 1. The highest BCUT2D eigenvalue weighted by atomic mass is 79.9. The molecule has 1 saturated heterocycles. The van der Waals surface area contributed by atoms with Gasteiger partial charge in [-0.2, -0.15) is 4.98 Å². The van der Waals surface area contributed by atoms with Gasteiger partial charge >= 0.3 is 0 Å². The second-order valence-electron chi connectivity index (χ2n) is 6.42. The number of aromatic nitrogens is 2. The van der Waals surface area contributed by atoms with Gasteiger partial charge in [0.15, 0.2) is 5.82 Å². The third-order valence-corrected chi connectivity index (χ3v) is 4.94. The highest BCUT2D eigenvalue weighted by molar-refractivity contribution is 9.10. The molecule has 0 spiro atoms. The molecule has 2 heterocycles. The quantitative estimate of drug-likeness (QED) is 0.632. The van der Waals surface area contributed by atoms with Crippen LogP contribution in [0, 0.1) is 0 Å². The Labute approximate surface area is 161 Å². The van der Waals surface area contributed by atoms with Crippen molar-refractivity contribution < 1.29 is 9.26 Å². The largest absolute Gasteiger partial charge is 0.371 e. The molecule has 26 heavy (non-hydrogen) atoms. The van der Waals surface area contributed by atoms with Crippen molar-refractivity contribution in [3.05, 3.63) is 81.9 Å². The van der Waals surface area contributed by atoms with E-state index in [0.717, 1.165) is 23.4 Å². The molecule has 1 aromatic heterocycles. The predicted molar refractivity (Wildman–Crippen MR) is 102 cm³/mol. The van der Waals surface area contributed by atoms with Gasteiger partial charge in [0.25, 0.3) is 0 Å². The van der Waals surface area contributed by atoms with E-state index in [4.69, 9.17) is 9.26 Å². The maximum atomic E-state index is 5.94. The van der Waals surface area contributed by atoms with E-state index < -0.39 is 0 Å². The Kier molecular flexibility index (Phi) is 5.43. The van der Waals surface area contributed by atoms with E-state index in [0.29, 0.717) is 25.5 Å². The van der Waals surface area contributed by atoms with Crippen LogP contribution < -0.4 is 0 Å². The Balaban J connectivity index is 1.38. The molecule has 0 amide bonds. The van der Waals surface area contributed by atoms with Gasteiger partial charge in [-0.05, 0) is 23.3 Å². The van der Waals surface area contributed by atoms with Crippen LogP contribution in [0.25, 0.3) is 0 Å². The number of benzene rings is 2. The highest BCUT2D eigenvalue weighted by Gasteiger charge is 2.23. The Bertz CT molecular complexity index is 853. The van der Waals surface area contributed by atoms with Crippen LogP contribution in [-0.4, -0.2) is 34.7 Å². The zero-order valence-corrected chi connectivity index (χ0v) is 15.9. The first-order valence-electron chi connectivity index (χ1n) is 8.71. The fourth-order valence-corrected chi connectivity index (χ4v) is 3.57. The van der Waals surface area contributed by atoms with Crippen LogP contribution >= 0.6 is 15.9 Å². The van der Waals surface area contributed by atoms with Crippen molar-refractivity contribution in [2.75, 3.05) is 19.7 Å². The molecule has 0 bridgehead atoms. The molecule has 0 N–H and O–H groups in total. The van der Waals surface area contributed by atoms with Gasteiger partial charge in [-0.25, -0.2) is 0 Å². The summed E-state index contributed by atoms with van der Waals surface area (Å²) in [6.07, 6.45) is 0.752. The summed E-state index contributed by atoms with van der Waals surface area (Å²) in [7, 11) is 0. The van der Waals surface area contributed by atoms with E-state index >= 15 is 0 Å². The van der Waals surface area contributed by atoms with Gasteiger partial charge in [0.2, 0.25) is 5.89 Å². The molecular weight excluding hydrogens is 394 g/mol. The van der Waals surface area contributed by atoms with Crippen LogP contribution in [0.5, 0.6) is 0 Å². The molecule has 134 valence electrons. The molecule has 0 aliphatic carbocycles. The van der Waals surface area contributed by atoms with Crippen molar-refractivity contribution in [3.63, 3.8) is 0 Å². The van der Waals surface area contributed by atoms with Crippen LogP contribution in [0.4, 0.5) is 0 Å². The highest BCUT2D eigenvalue weighted by Crippen LogP contribution is 2.25. The van der Waals surface area contributed by atoms with Crippen molar-refractivity contribution in [1.82, 2.24) is 15.0 Å². The van der Waals surface area contributed by atoms with Crippen LogP contribution in [-0.2, 0) is 17.7 Å². The molecule has 1 atom stereocenters. The SMILES string of the molecule is Brc1cccc([C@@H]2CN(Cc3nc(Cc4ccccc4)no3)CCO2)c1. The molecule has 1 fully saturated rings. The zero-order valence-electron chi connectivity index (χ0n) is 14.3. The molecule has 0 unspecified atom stereocenters. The summed E-state index contributed by atoms with van der Waals surface area (Å²) in [5, 5.41) is 4.12. The van der Waals surface area contributed by atoms with E-state index in [9.17, 15) is 0 Å². The maximum absolute atomic E-state index is 5.94. The Morgan fingerprint density at radius 1 is 1.12 bits per heavy atom. The second-order valence-corrected chi connectivity index (χ2v) is 7.33. The summed E-state index contributed by atoms with van der Waals surface area (Å²) in [4.78, 5) is 6.84. The molecule has 6 heteroatoms. The minimum Gasteiger partial charge on any atom is -0.371 e. The lowest BCUT2D eigenvalue weighted by Crippen LogP contribution is -2.37. The van der Waals surface area contributed by atoms with Gasteiger partial charge in [0.1, 0.15) is 0 Å². The molecule has 1 aliphatic rings. The topological polar surface area (TPSA) is 51.4 Å². The van der Waals surface area contributed by atoms with Crippen LogP contribution in [0.2, 0.25) is 0 Å². The third kappa shape index (κ3) is 4.38. The number of hydrogen-bond acceptors (Lipinski definition) is 5. The molecule has 1 aliphatic heterocycles. The van der Waals surface area contributed by atoms with E-state index in [1.54, 1.807) is 0 Å². The zero-order chi connectivity index (χ0) is 17.8. The first-order valence-corrected chi connectivity index (χ1v) is 9.50. The number of nitrogens with zero attached hydrogens (tertiary/aromatic N) is 3. The van der Waals surface area contributed by atoms with Gasteiger partial charge in [-0.1, -0.05) is 63.6 Å². The number of halogens is 1. The van der Waals surface area contributed by atoms with E-state index in [1.165, 1.54) is 11.1 Å². The summed E-state index contributed by atoms with van der Waals surface area (Å²) in [6.45, 7) is 3.02. The molecule has 2 aromatic carbocycles. The molecule has 0 radical (unpaired) electrons. The monoisotopic (exact) mass is 413 g/mol. The van der Waals surface area contributed by atoms with Gasteiger partial charge in [0.05, 0.1) is 19.3 Å². The Hall–Kier alpha value is -2.02. The average molecular weight is 414 g/mol. The lowest BCUT2D eigenvalue weighted by Gasteiger charge is -2.32. The van der Waals surface area contributed by atoms with Crippen molar-refractivity contribution in [2.45, 2.75) is 19.1 Å². The summed E-state index contributed by atoms with van der Waals surface area (Å²) in [5.74, 6) is 1.38. The maximum Gasteiger partial charge on any atom is 0.240 e. The predicted octanol–water partition coefficient (Wildman–Crippen LogP) is 4.00. The summed E-state index contributed by atoms with van der Waals surface area (Å²) in [6, 6.07) is 18.5. The molecule has 5 nitrogen and oxygen atoms in total. The first kappa shape index (κ1) is 17.4. The first-order chi connectivity index (χ1) is 12.8. The van der Waals surface area contributed by atoms with Crippen molar-refractivity contribution >= 4 is 15.9 Å². The molecular formula is C20H20BrN3O2. The minimum absolute atomic E-state index is 0.0629. The minimum atomic E-state index is 0.0629. The number of rotatable bonds is 5. The van der Waals surface area contributed by atoms with Crippen LogP contribution in [0.15, 0.2) is 63.6 Å². The Morgan fingerprint density at radius 2 is 2.00 bits per heavy atom. The normalized spacial score (nSPS) is 18.1. The van der Waals surface area contributed by atoms with Gasteiger partial charge in [-0.3, -0.25) is 4.90 Å². The van der Waals surface area contributed by atoms with Crippen LogP contribution in [0.1, 0.15) is 28.9 Å². The van der Waals surface area contributed by atoms with Gasteiger partial charge in [-0.15, -0.1) is 0 Å². The fourth-order valence-electron chi connectivity index (χ4n) is 3.15. The number of hydrogen-bond donors (Lipinski definition) is 0. The van der Waals surface area contributed by atoms with E-state index in [2.05, 4.69) is 55.2 Å². The van der Waals surface area contributed by atoms with Crippen molar-refractivity contribution in [2.24, 2.45) is 0 Å². The fraction of sp³-hybridized carbons (Fsp3) is 0.300. The Morgan fingerprint density at radius 3 is 2.85 bits per heavy atom. The van der Waals surface area contributed by atoms with E-state index in [-0.39, 0.29) is 6.10 Å². The molecule has 0 saturated carbocycles. The standard InChI is InChI=1S/C20H20BrN3O2/c21-17-8-4-7-16(12-17)18-13-24(9-10-25-18)14-20-22-19(23-26-20)11-15-5-2-1-3-6-15/h1-8,12,18H,9-11,13-14H2/t18-/m0/s1. The third-order valence-electron chi connectivity index (χ3n) is 4.45. The van der Waals surface area contributed by atoms with Gasteiger partial charge < -0.3 is 9.26 Å². The molecule has 3 aromatic rings. The van der Waals surface area contributed by atoms with Gasteiger partial charge in [0, 0.05) is 24.0 Å². The van der Waals surface area contributed by atoms with Crippen LogP contribution in [0.3, 0.4) is 0 Å². The summed E-state index contributed by atoms with van der Waals surface area (Å²) >= 11 is 3.53. The molecule has 4 rings (SSSR count). The van der Waals surface area contributed by atoms with Crippen molar-refractivity contribution in [3.8, 4) is 0 Å². The summed E-state index contributed by atoms with van der Waals surface area (Å²) in [5.41, 5.74) is 2.36. The van der Waals surface area contributed by atoms with Crippen molar-refractivity contribution in [1.29, 1.82) is 0 Å². The smallest absolute Gasteiger partial charge is 0.240 e. The average Bonchev–Trinajstić information content (AvgIpc) is 3.09. The second kappa shape index (κ2) is 8.12. The van der Waals surface area contributed by atoms with E-state index in [1.807, 2.05) is 30.3 Å².